The number of halogens is 2. The molecule has 0 unspecified atom stereocenters. The van der Waals surface area contributed by atoms with Gasteiger partial charge in [-0.05, 0) is 12.1 Å². The zero-order chi connectivity index (χ0) is 9.26. The van der Waals surface area contributed by atoms with Crippen LogP contribution in [0.3, 0.4) is 0 Å². The molecule has 0 aliphatic carbocycles. The van der Waals surface area contributed by atoms with E-state index in [-0.39, 0.29) is 0 Å². The quantitative estimate of drug-likeness (QED) is 0.730. The third-order valence-electron chi connectivity index (χ3n) is 1.64. The van der Waals surface area contributed by atoms with Crippen LogP contribution in [0.4, 0.5) is 0 Å². The molecular formula is C8H5Cl2N3. The molecule has 0 aliphatic rings. The summed E-state index contributed by atoms with van der Waals surface area (Å²) in [4.78, 5) is 0. The van der Waals surface area contributed by atoms with Crippen LogP contribution in [0.2, 0.25) is 0 Å². The number of benzene rings is 1. The Hall–Kier alpha value is -1.06. The SMILES string of the molecule is Cl/C=C(/Cl)n1nnc2ccccc21. The van der Waals surface area contributed by atoms with Crippen molar-refractivity contribution in [3.63, 3.8) is 0 Å². The van der Waals surface area contributed by atoms with Gasteiger partial charge in [-0.1, -0.05) is 40.5 Å². The summed E-state index contributed by atoms with van der Waals surface area (Å²) >= 11 is 11.3. The van der Waals surface area contributed by atoms with Gasteiger partial charge >= 0.3 is 0 Å². The Morgan fingerprint density at radius 1 is 1.38 bits per heavy atom. The minimum absolute atomic E-state index is 0.329. The molecule has 5 heteroatoms. The van der Waals surface area contributed by atoms with Crippen LogP contribution in [-0.4, -0.2) is 15.0 Å². The maximum Gasteiger partial charge on any atom is 0.144 e. The van der Waals surface area contributed by atoms with Crippen molar-refractivity contribution in [1.82, 2.24) is 15.0 Å². The van der Waals surface area contributed by atoms with Crippen LogP contribution in [0.15, 0.2) is 29.8 Å². The van der Waals surface area contributed by atoms with E-state index in [0.717, 1.165) is 11.0 Å². The van der Waals surface area contributed by atoms with Crippen molar-refractivity contribution in [2.24, 2.45) is 0 Å². The Labute approximate surface area is 84.6 Å². The average Bonchev–Trinajstić information content (AvgIpc) is 2.60. The summed E-state index contributed by atoms with van der Waals surface area (Å²) in [5.74, 6) is 0. The molecule has 0 spiro atoms. The van der Waals surface area contributed by atoms with E-state index < -0.39 is 0 Å². The second kappa shape index (κ2) is 3.36. The second-order valence-corrected chi connectivity index (χ2v) is 3.03. The third kappa shape index (κ3) is 1.41. The molecule has 1 aromatic carbocycles. The third-order valence-corrected chi connectivity index (χ3v) is 2.23. The number of hydrogen-bond donors (Lipinski definition) is 0. The van der Waals surface area contributed by atoms with Gasteiger partial charge in [0.05, 0.1) is 5.52 Å². The van der Waals surface area contributed by atoms with Crippen LogP contribution in [-0.2, 0) is 0 Å². The summed E-state index contributed by atoms with van der Waals surface area (Å²) in [5.41, 5.74) is 2.88. The Bertz CT molecular complexity index is 461. The zero-order valence-corrected chi connectivity index (χ0v) is 8.00. The van der Waals surface area contributed by atoms with Crippen LogP contribution in [0, 0.1) is 0 Å². The van der Waals surface area contributed by atoms with Gasteiger partial charge in [0.25, 0.3) is 0 Å². The first kappa shape index (κ1) is 8.53. The second-order valence-electron chi connectivity index (χ2n) is 2.42. The molecule has 1 aromatic heterocycles. The molecule has 0 N–H and O–H groups in total. The Balaban J connectivity index is 2.71. The largest absolute Gasteiger partial charge is 0.200 e. The maximum absolute atomic E-state index is 5.80. The normalized spacial score (nSPS) is 12.3. The van der Waals surface area contributed by atoms with Crippen molar-refractivity contribution in [3.05, 3.63) is 29.8 Å². The number of rotatable bonds is 1. The van der Waals surface area contributed by atoms with Crippen molar-refractivity contribution >= 4 is 39.4 Å². The van der Waals surface area contributed by atoms with E-state index in [4.69, 9.17) is 23.2 Å². The topological polar surface area (TPSA) is 30.7 Å². The first-order chi connectivity index (χ1) is 6.33. The van der Waals surface area contributed by atoms with Gasteiger partial charge in [-0.2, -0.15) is 0 Å². The lowest BCUT2D eigenvalue weighted by molar-refractivity contribution is 0.854. The van der Waals surface area contributed by atoms with E-state index in [1.54, 1.807) is 0 Å². The van der Waals surface area contributed by atoms with Crippen molar-refractivity contribution in [2.45, 2.75) is 0 Å². The van der Waals surface area contributed by atoms with E-state index in [9.17, 15) is 0 Å². The molecule has 0 fully saturated rings. The molecule has 3 nitrogen and oxygen atoms in total. The van der Waals surface area contributed by atoms with E-state index in [0.29, 0.717) is 5.16 Å². The molecule has 13 heavy (non-hydrogen) atoms. The summed E-state index contributed by atoms with van der Waals surface area (Å²) in [7, 11) is 0. The van der Waals surface area contributed by atoms with Crippen LogP contribution < -0.4 is 0 Å². The molecule has 0 bridgehead atoms. The fraction of sp³-hybridized carbons (Fsp3) is 0. The van der Waals surface area contributed by atoms with Gasteiger partial charge in [-0.25, -0.2) is 4.68 Å². The minimum atomic E-state index is 0.329. The lowest BCUT2D eigenvalue weighted by Crippen LogP contribution is -1.92. The molecule has 0 atom stereocenters. The first-order valence-electron chi connectivity index (χ1n) is 3.59. The Morgan fingerprint density at radius 2 is 2.15 bits per heavy atom. The smallest absolute Gasteiger partial charge is 0.144 e. The summed E-state index contributed by atoms with van der Waals surface area (Å²) in [6.45, 7) is 0. The van der Waals surface area contributed by atoms with Crippen molar-refractivity contribution in [3.8, 4) is 0 Å². The van der Waals surface area contributed by atoms with Gasteiger partial charge in [0.1, 0.15) is 10.7 Å². The van der Waals surface area contributed by atoms with Crippen LogP contribution in [0.25, 0.3) is 16.2 Å². The van der Waals surface area contributed by atoms with Crippen LogP contribution in [0.1, 0.15) is 0 Å². The molecule has 0 saturated heterocycles. The molecule has 0 aliphatic heterocycles. The highest BCUT2D eigenvalue weighted by molar-refractivity contribution is 6.50. The lowest BCUT2D eigenvalue weighted by atomic mass is 10.3. The first-order valence-corrected chi connectivity index (χ1v) is 4.41. The zero-order valence-electron chi connectivity index (χ0n) is 6.48. The van der Waals surface area contributed by atoms with Gasteiger partial charge in [0, 0.05) is 5.54 Å². The van der Waals surface area contributed by atoms with Crippen molar-refractivity contribution in [1.29, 1.82) is 0 Å². The van der Waals surface area contributed by atoms with E-state index in [1.807, 2.05) is 24.3 Å². The van der Waals surface area contributed by atoms with Gasteiger partial charge in [0.2, 0.25) is 0 Å². The van der Waals surface area contributed by atoms with Gasteiger partial charge in [-0.15, -0.1) is 5.10 Å². The molecular weight excluding hydrogens is 209 g/mol. The number of hydrogen-bond acceptors (Lipinski definition) is 2. The van der Waals surface area contributed by atoms with E-state index in [1.165, 1.54) is 10.2 Å². The highest BCUT2D eigenvalue weighted by atomic mass is 35.5. The standard InChI is InChI=1S/C8H5Cl2N3/c9-5-8(10)13-7-4-2-1-3-6(7)11-12-13/h1-5H/b8-5-. The maximum atomic E-state index is 5.80. The van der Waals surface area contributed by atoms with E-state index in [2.05, 4.69) is 10.3 Å². The molecule has 0 radical (unpaired) electrons. The molecule has 66 valence electrons. The summed E-state index contributed by atoms with van der Waals surface area (Å²) in [6.07, 6.45) is 0. The molecule has 0 amide bonds. The van der Waals surface area contributed by atoms with Crippen LogP contribution in [0.5, 0.6) is 0 Å². The number of fused-ring (bicyclic) bond motifs is 1. The van der Waals surface area contributed by atoms with E-state index >= 15 is 0 Å². The monoisotopic (exact) mass is 213 g/mol. The van der Waals surface area contributed by atoms with Crippen LogP contribution >= 0.6 is 23.2 Å². The summed E-state index contributed by atoms with van der Waals surface area (Å²) in [6, 6.07) is 7.51. The number of aromatic nitrogens is 3. The fourth-order valence-corrected chi connectivity index (χ4v) is 1.29. The highest BCUT2D eigenvalue weighted by Crippen LogP contribution is 2.17. The van der Waals surface area contributed by atoms with Gasteiger partial charge in [0.15, 0.2) is 0 Å². The predicted octanol–water partition coefficient (Wildman–Crippen LogP) is 2.66. The van der Waals surface area contributed by atoms with Crippen molar-refractivity contribution < 1.29 is 0 Å². The average molecular weight is 214 g/mol. The fourth-order valence-electron chi connectivity index (χ4n) is 1.07. The summed E-state index contributed by atoms with van der Waals surface area (Å²) < 4.78 is 1.48. The number of para-hydroxylation sites is 1. The van der Waals surface area contributed by atoms with Gasteiger partial charge < -0.3 is 0 Å². The van der Waals surface area contributed by atoms with Gasteiger partial charge in [-0.3, -0.25) is 0 Å². The number of nitrogens with zero attached hydrogens (tertiary/aromatic N) is 3. The predicted molar refractivity (Wildman–Crippen MR) is 53.5 cm³/mol. The molecule has 2 aromatic rings. The Kier molecular flexibility index (Phi) is 2.20. The Morgan fingerprint density at radius 3 is 2.92 bits per heavy atom. The summed E-state index contributed by atoms with van der Waals surface area (Å²) in [5, 5.41) is 8.09. The lowest BCUT2D eigenvalue weighted by Gasteiger charge is -1.96. The molecule has 0 saturated carbocycles. The molecule has 2 rings (SSSR count). The minimum Gasteiger partial charge on any atom is -0.200 e. The van der Waals surface area contributed by atoms with Crippen molar-refractivity contribution in [2.75, 3.05) is 0 Å². The molecule has 1 heterocycles. The highest BCUT2D eigenvalue weighted by Gasteiger charge is 2.04.